The van der Waals surface area contributed by atoms with Crippen molar-refractivity contribution in [2.24, 2.45) is 11.0 Å². The van der Waals surface area contributed by atoms with E-state index in [1.807, 2.05) is 0 Å². The molecule has 0 aliphatic rings. The van der Waals surface area contributed by atoms with E-state index in [2.05, 4.69) is 5.11 Å². The minimum absolute atomic E-state index is 0.150. The van der Waals surface area contributed by atoms with Crippen LogP contribution in [0.1, 0.15) is 20.8 Å². The summed E-state index contributed by atoms with van der Waals surface area (Å²) in [6.07, 6.45) is 0. The Morgan fingerprint density at radius 2 is 2.10 bits per heavy atom. The van der Waals surface area contributed by atoms with Crippen LogP contribution < -0.4 is 0 Å². The van der Waals surface area contributed by atoms with E-state index in [-0.39, 0.29) is 5.92 Å². The van der Waals surface area contributed by atoms with Gasteiger partial charge in [-0.15, -0.1) is 0 Å². The largest absolute Gasteiger partial charge is 0.479 e. The van der Waals surface area contributed by atoms with Crippen molar-refractivity contribution >= 4 is 5.97 Å². The van der Waals surface area contributed by atoms with Crippen molar-refractivity contribution in [3.8, 4) is 0 Å². The molecule has 0 aromatic heterocycles. The van der Waals surface area contributed by atoms with E-state index >= 15 is 0 Å². The molecule has 10 heavy (non-hydrogen) atoms. The van der Waals surface area contributed by atoms with Crippen molar-refractivity contribution in [2.75, 3.05) is 0 Å². The van der Waals surface area contributed by atoms with Gasteiger partial charge in [-0.3, -0.25) is 0 Å². The number of rotatable bonds is 3. The number of carbonyl (C=O) groups is 1. The molecule has 0 bridgehead atoms. The normalized spacial score (nSPS) is 16.4. The third kappa shape index (κ3) is 1.32. The molecule has 0 saturated carbocycles. The van der Waals surface area contributed by atoms with Crippen LogP contribution in [0.25, 0.3) is 0 Å². The van der Waals surface area contributed by atoms with Gasteiger partial charge in [0.1, 0.15) is 0 Å². The van der Waals surface area contributed by atoms with Gasteiger partial charge >= 0.3 is 5.97 Å². The summed E-state index contributed by atoms with van der Waals surface area (Å²) in [4.78, 5) is 10.5. The molecule has 0 aliphatic carbocycles. The van der Waals surface area contributed by atoms with E-state index in [4.69, 9.17) is 10.6 Å². The van der Waals surface area contributed by atoms with Crippen LogP contribution in [0.2, 0.25) is 0 Å². The Bertz CT molecular complexity index is 156. The maximum absolute atomic E-state index is 10.5. The summed E-state index contributed by atoms with van der Waals surface area (Å²) in [6.45, 7) is 4.89. The number of aliphatic carboxylic acids is 1. The molecular formula is C6H12N2O2. The molecular weight excluding hydrogens is 132 g/mol. The Kier molecular flexibility index (Phi) is 2.51. The first kappa shape index (κ1) is 9.07. The molecule has 2 N–H and O–H groups in total. The number of carboxylic acid groups (broad SMARTS) is 1. The van der Waals surface area contributed by atoms with Gasteiger partial charge in [-0.25, -0.2) is 10.3 Å². The molecule has 0 amide bonds. The van der Waals surface area contributed by atoms with Gasteiger partial charge in [-0.2, -0.15) is 5.11 Å². The maximum atomic E-state index is 10.5. The van der Waals surface area contributed by atoms with Crippen LogP contribution in [0.5, 0.6) is 0 Å². The Morgan fingerprint density at radius 3 is 2.10 bits per heavy atom. The lowest BCUT2D eigenvalue weighted by molar-refractivity contribution is -0.144. The molecule has 0 rings (SSSR count). The van der Waals surface area contributed by atoms with Crippen LogP contribution in [0.4, 0.5) is 0 Å². The van der Waals surface area contributed by atoms with E-state index in [0.29, 0.717) is 0 Å². The van der Waals surface area contributed by atoms with E-state index < -0.39 is 11.5 Å². The molecule has 0 saturated heterocycles. The molecule has 0 aromatic carbocycles. The summed E-state index contributed by atoms with van der Waals surface area (Å²) < 4.78 is 0. The second-order valence-electron chi connectivity index (χ2n) is 2.72. The molecule has 1 atom stereocenters. The lowest BCUT2D eigenvalue weighted by atomic mass is 9.90. The summed E-state index contributed by atoms with van der Waals surface area (Å²) in [5.74, 6) is -1.19. The Morgan fingerprint density at radius 1 is 1.70 bits per heavy atom. The van der Waals surface area contributed by atoms with Gasteiger partial charge in [-0.05, 0) is 12.8 Å². The fourth-order valence-electron chi connectivity index (χ4n) is 0.424. The monoisotopic (exact) mass is 144 g/mol. The van der Waals surface area contributed by atoms with Gasteiger partial charge < -0.3 is 5.11 Å². The SMILES string of the molecule is CC(C)C(C)(N=N)C(=O)O. The molecule has 0 aromatic rings. The molecule has 0 fully saturated rings. The first-order valence-electron chi connectivity index (χ1n) is 3.07. The van der Waals surface area contributed by atoms with Crippen LogP contribution >= 0.6 is 0 Å². The van der Waals surface area contributed by atoms with E-state index in [1.54, 1.807) is 13.8 Å². The van der Waals surface area contributed by atoms with Gasteiger partial charge in [0.2, 0.25) is 0 Å². The molecule has 1 unspecified atom stereocenters. The molecule has 0 aliphatic heterocycles. The number of nitrogens with one attached hydrogen (secondary N) is 1. The highest BCUT2D eigenvalue weighted by Gasteiger charge is 2.36. The summed E-state index contributed by atoms with van der Waals surface area (Å²) in [5, 5.41) is 11.7. The highest BCUT2D eigenvalue weighted by Crippen LogP contribution is 2.20. The van der Waals surface area contributed by atoms with Crippen LogP contribution in [0.3, 0.4) is 0 Å². The molecule has 4 heteroatoms. The molecule has 0 radical (unpaired) electrons. The van der Waals surface area contributed by atoms with Crippen molar-refractivity contribution in [3.63, 3.8) is 0 Å². The van der Waals surface area contributed by atoms with Gasteiger partial charge in [-0.1, -0.05) is 13.8 Å². The second kappa shape index (κ2) is 2.77. The van der Waals surface area contributed by atoms with E-state index in [0.717, 1.165) is 0 Å². The van der Waals surface area contributed by atoms with Gasteiger partial charge in [0.15, 0.2) is 5.54 Å². The zero-order chi connectivity index (χ0) is 8.36. The first-order chi connectivity index (χ1) is 4.45. The molecule has 4 nitrogen and oxygen atoms in total. The van der Waals surface area contributed by atoms with Crippen LogP contribution in [0.15, 0.2) is 5.11 Å². The number of hydrogen-bond donors (Lipinski definition) is 2. The van der Waals surface area contributed by atoms with Crippen molar-refractivity contribution < 1.29 is 9.90 Å². The maximum Gasteiger partial charge on any atom is 0.333 e. The molecule has 0 heterocycles. The van der Waals surface area contributed by atoms with Crippen LogP contribution in [-0.4, -0.2) is 16.6 Å². The third-order valence-electron chi connectivity index (χ3n) is 1.79. The summed E-state index contributed by atoms with van der Waals surface area (Å²) >= 11 is 0. The summed E-state index contributed by atoms with van der Waals surface area (Å²) in [6, 6.07) is 0. The number of nitrogens with zero attached hydrogens (tertiary/aromatic N) is 1. The predicted molar refractivity (Wildman–Crippen MR) is 36.0 cm³/mol. The van der Waals surface area contributed by atoms with Gasteiger partial charge in [0, 0.05) is 0 Å². The quantitative estimate of drug-likeness (QED) is 0.589. The highest BCUT2D eigenvalue weighted by atomic mass is 16.4. The summed E-state index contributed by atoms with van der Waals surface area (Å²) in [5.41, 5.74) is 5.41. The molecule has 58 valence electrons. The van der Waals surface area contributed by atoms with Gasteiger partial charge in [0.25, 0.3) is 0 Å². The predicted octanol–water partition coefficient (Wildman–Crippen LogP) is 1.52. The highest BCUT2D eigenvalue weighted by molar-refractivity contribution is 5.78. The zero-order valence-electron chi connectivity index (χ0n) is 6.38. The van der Waals surface area contributed by atoms with Crippen molar-refractivity contribution in [2.45, 2.75) is 26.3 Å². The van der Waals surface area contributed by atoms with Crippen molar-refractivity contribution in [3.05, 3.63) is 0 Å². The second-order valence-corrected chi connectivity index (χ2v) is 2.72. The topological polar surface area (TPSA) is 73.5 Å². The van der Waals surface area contributed by atoms with Crippen LogP contribution in [-0.2, 0) is 4.79 Å². The van der Waals surface area contributed by atoms with Crippen LogP contribution in [0, 0.1) is 11.4 Å². The fraction of sp³-hybridized carbons (Fsp3) is 0.833. The van der Waals surface area contributed by atoms with Crippen molar-refractivity contribution in [1.29, 1.82) is 5.53 Å². The minimum Gasteiger partial charge on any atom is -0.479 e. The number of hydrogen-bond acceptors (Lipinski definition) is 3. The fourth-order valence-corrected chi connectivity index (χ4v) is 0.424. The Labute approximate surface area is 59.8 Å². The Hall–Kier alpha value is -0.930. The lowest BCUT2D eigenvalue weighted by Crippen LogP contribution is -2.37. The first-order valence-corrected chi connectivity index (χ1v) is 3.07. The smallest absolute Gasteiger partial charge is 0.333 e. The average Bonchev–Trinajstić information content (AvgIpc) is 1.85. The van der Waals surface area contributed by atoms with E-state index in [9.17, 15) is 4.79 Å². The summed E-state index contributed by atoms with van der Waals surface area (Å²) in [7, 11) is 0. The Balaban J connectivity index is 4.54. The van der Waals surface area contributed by atoms with Gasteiger partial charge in [0.05, 0.1) is 0 Å². The van der Waals surface area contributed by atoms with E-state index in [1.165, 1.54) is 6.92 Å². The molecule has 0 spiro atoms. The standard InChI is InChI=1S/C6H12N2O2/c1-4(2)6(3,8-7)5(9)10/h4,7H,1-3H3,(H,9,10). The minimum atomic E-state index is -1.25. The zero-order valence-corrected chi connectivity index (χ0v) is 6.38. The third-order valence-corrected chi connectivity index (χ3v) is 1.79. The number of carboxylic acids is 1. The lowest BCUT2D eigenvalue weighted by Gasteiger charge is -2.21. The average molecular weight is 144 g/mol. The van der Waals surface area contributed by atoms with Crippen molar-refractivity contribution in [1.82, 2.24) is 0 Å².